The lowest BCUT2D eigenvalue weighted by Gasteiger charge is -2.58. The van der Waals surface area contributed by atoms with Crippen molar-refractivity contribution in [2.75, 3.05) is 29.5 Å². The number of hydrogen-bond acceptors (Lipinski definition) is 6. The van der Waals surface area contributed by atoms with Crippen molar-refractivity contribution in [3.63, 3.8) is 0 Å². The fourth-order valence-electron chi connectivity index (χ4n) is 6.99. The summed E-state index contributed by atoms with van der Waals surface area (Å²) in [7, 11) is 0. The van der Waals surface area contributed by atoms with Crippen LogP contribution in [-0.4, -0.2) is 61.8 Å². The number of anilines is 1. The van der Waals surface area contributed by atoms with Crippen molar-refractivity contribution >= 4 is 23.0 Å². The zero-order valence-electron chi connectivity index (χ0n) is 18.0. The van der Waals surface area contributed by atoms with E-state index in [4.69, 9.17) is 4.98 Å². The van der Waals surface area contributed by atoms with Crippen molar-refractivity contribution < 1.29 is 14.5 Å². The SMILES string of the molecule is O=C(N[C@H]1C2CC3CC1C[C@@](O)(C3)C2)c1cnc(N2CC[S+]([O-])CC2)nc1C1CCC1. The fraction of sp³-hybridized carbons (Fsp3) is 0.783. The van der Waals surface area contributed by atoms with E-state index in [1.807, 2.05) is 0 Å². The molecule has 5 aliphatic carbocycles. The van der Waals surface area contributed by atoms with E-state index < -0.39 is 16.8 Å². The first kappa shape index (κ1) is 20.2. The Hall–Kier alpha value is -1.38. The molecular formula is C23H32N4O3S. The van der Waals surface area contributed by atoms with Gasteiger partial charge in [-0.1, -0.05) is 17.6 Å². The molecule has 168 valence electrons. The summed E-state index contributed by atoms with van der Waals surface area (Å²) in [4.78, 5) is 24.9. The number of nitrogens with zero attached hydrogens (tertiary/aromatic N) is 3. The lowest BCUT2D eigenvalue weighted by molar-refractivity contribution is -0.136. The number of nitrogens with one attached hydrogen (secondary N) is 1. The highest BCUT2D eigenvalue weighted by Gasteiger charge is 2.55. The smallest absolute Gasteiger partial charge is 0.254 e. The normalized spacial score (nSPS) is 37.7. The number of rotatable bonds is 4. The summed E-state index contributed by atoms with van der Waals surface area (Å²) >= 11 is -0.740. The van der Waals surface area contributed by atoms with Gasteiger partial charge in [0, 0.05) is 18.2 Å². The van der Waals surface area contributed by atoms with Crippen molar-refractivity contribution in [2.24, 2.45) is 17.8 Å². The number of carbonyl (C=O) groups is 1. The van der Waals surface area contributed by atoms with Crippen LogP contribution in [0.2, 0.25) is 0 Å². The summed E-state index contributed by atoms with van der Waals surface area (Å²) < 4.78 is 11.7. The first-order chi connectivity index (χ1) is 15.0. The van der Waals surface area contributed by atoms with Crippen LogP contribution in [0, 0.1) is 17.8 Å². The summed E-state index contributed by atoms with van der Waals surface area (Å²) in [6.45, 7) is 1.41. The van der Waals surface area contributed by atoms with Crippen molar-refractivity contribution in [2.45, 2.75) is 68.9 Å². The highest BCUT2D eigenvalue weighted by atomic mass is 32.2. The average Bonchev–Trinajstić information content (AvgIpc) is 2.68. The summed E-state index contributed by atoms with van der Waals surface area (Å²) in [6, 6.07) is 0.162. The highest BCUT2D eigenvalue weighted by molar-refractivity contribution is 7.91. The Morgan fingerprint density at radius 1 is 1.19 bits per heavy atom. The summed E-state index contributed by atoms with van der Waals surface area (Å²) in [5.74, 6) is 3.68. The quantitative estimate of drug-likeness (QED) is 0.689. The van der Waals surface area contributed by atoms with E-state index in [0.29, 0.717) is 59.8 Å². The molecule has 6 aliphatic rings. The van der Waals surface area contributed by atoms with Crippen LogP contribution in [0.4, 0.5) is 5.95 Å². The second kappa shape index (κ2) is 7.59. The van der Waals surface area contributed by atoms with Crippen LogP contribution in [-0.2, 0) is 11.2 Å². The number of hydrogen-bond donors (Lipinski definition) is 2. The van der Waals surface area contributed by atoms with E-state index in [-0.39, 0.29) is 11.9 Å². The molecule has 0 aromatic carbocycles. The molecule has 1 aromatic heterocycles. The van der Waals surface area contributed by atoms with E-state index >= 15 is 0 Å². The maximum Gasteiger partial charge on any atom is 0.254 e. The summed E-state index contributed by atoms with van der Waals surface area (Å²) in [5.41, 5.74) is 1.03. The van der Waals surface area contributed by atoms with Gasteiger partial charge in [0.25, 0.3) is 5.91 Å². The molecule has 0 spiro atoms. The van der Waals surface area contributed by atoms with Gasteiger partial charge < -0.3 is 19.9 Å². The van der Waals surface area contributed by atoms with Gasteiger partial charge in [-0.2, -0.15) is 0 Å². The molecule has 7 rings (SSSR count). The monoisotopic (exact) mass is 444 g/mol. The minimum Gasteiger partial charge on any atom is -0.616 e. The van der Waals surface area contributed by atoms with Crippen LogP contribution in [0.3, 0.4) is 0 Å². The third-order valence-electron chi connectivity index (χ3n) is 8.54. The predicted molar refractivity (Wildman–Crippen MR) is 118 cm³/mol. The van der Waals surface area contributed by atoms with Crippen molar-refractivity contribution in [3.8, 4) is 0 Å². The molecule has 1 amide bonds. The van der Waals surface area contributed by atoms with Crippen LogP contribution >= 0.6 is 0 Å². The predicted octanol–water partition coefficient (Wildman–Crippen LogP) is 1.98. The molecular weight excluding hydrogens is 412 g/mol. The fourth-order valence-corrected chi connectivity index (χ4v) is 8.04. The average molecular weight is 445 g/mol. The Morgan fingerprint density at radius 2 is 1.90 bits per heavy atom. The molecule has 5 saturated carbocycles. The molecule has 31 heavy (non-hydrogen) atoms. The van der Waals surface area contributed by atoms with Crippen molar-refractivity contribution in [3.05, 3.63) is 17.5 Å². The molecule has 1 aromatic rings. The van der Waals surface area contributed by atoms with Gasteiger partial charge in [-0.15, -0.1) is 0 Å². The van der Waals surface area contributed by atoms with Crippen LogP contribution < -0.4 is 10.2 Å². The second-order valence-corrected chi connectivity index (χ2v) is 12.3. The van der Waals surface area contributed by atoms with Crippen molar-refractivity contribution in [1.29, 1.82) is 0 Å². The maximum atomic E-state index is 13.4. The summed E-state index contributed by atoms with van der Waals surface area (Å²) in [5, 5.41) is 14.2. The Balaban J connectivity index is 1.23. The van der Waals surface area contributed by atoms with Crippen LogP contribution in [0.15, 0.2) is 6.20 Å². The van der Waals surface area contributed by atoms with E-state index in [1.54, 1.807) is 6.20 Å². The standard InChI is InChI=1S/C23H32N4O3S/c28-21(25-19-16-8-14-9-17(19)12-23(29,10-14)11-16)18-13-24-22(26-20(18)15-2-1-3-15)27-4-6-31(30)7-5-27/h13-17,19,29H,1-12H2,(H,25,28)/t14?,16?,17?,19-,23+. The third kappa shape index (κ3) is 3.64. The molecule has 7 nitrogen and oxygen atoms in total. The molecule has 1 saturated heterocycles. The Labute approximate surface area is 186 Å². The first-order valence-electron chi connectivity index (χ1n) is 12.0. The number of aromatic nitrogens is 2. The topological polar surface area (TPSA) is 101 Å². The van der Waals surface area contributed by atoms with Crippen LogP contribution in [0.5, 0.6) is 0 Å². The molecule has 2 unspecified atom stereocenters. The van der Waals surface area contributed by atoms with Gasteiger partial charge >= 0.3 is 0 Å². The maximum absolute atomic E-state index is 13.4. The van der Waals surface area contributed by atoms with Gasteiger partial charge in [0.2, 0.25) is 5.95 Å². The molecule has 1 aliphatic heterocycles. The highest BCUT2D eigenvalue weighted by Crippen LogP contribution is 2.55. The number of amides is 1. The van der Waals surface area contributed by atoms with Gasteiger partial charge in [0.05, 0.1) is 29.9 Å². The summed E-state index contributed by atoms with van der Waals surface area (Å²) in [6.07, 6.45) is 9.91. The molecule has 6 fully saturated rings. The van der Waals surface area contributed by atoms with E-state index in [1.165, 1.54) is 6.42 Å². The largest absolute Gasteiger partial charge is 0.616 e. The molecule has 2 atom stereocenters. The molecule has 0 radical (unpaired) electrons. The van der Waals surface area contributed by atoms with Gasteiger partial charge in [-0.25, -0.2) is 9.97 Å². The molecule has 4 bridgehead atoms. The lowest BCUT2D eigenvalue weighted by Crippen LogP contribution is -2.61. The van der Waals surface area contributed by atoms with E-state index in [2.05, 4.69) is 15.2 Å². The van der Waals surface area contributed by atoms with Gasteiger partial charge in [0.1, 0.15) is 11.5 Å². The lowest BCUT2D eigenvalue weighted by atomic mass is 9.52. The van der Waals surface area contributed by atoms with E-state index in [0.717, 1.165) is 50.6 Å². The molecule has 2 heterocycles. The van der Waals surface area contributed by atoms with Crippen LogP contribution in [0.1, 0.15) is 73.3 Å². The van der Waals surface area contributed by atoms with Crippen LogP contribution in [0.25, 0.3) is 0 Å². The first-order valence-corrected chi connectivity index (χ1v) is 13.5. The molecule has 8 heteroatoms. The Kier molecular flexibility index (Phi) is 4.96. The minimum atomic E-state index is -0.740. The Morgan fingerprint density at radius 3 is 2.52 bits per heavy atom. The van der Waals surface area contributed by atoms with E-state index in [9.17, 15) is 14.5 Å². The molecule has 2 N–H and O–H groups in total. The van der Waals surface area contributed by atoms with Crippen molar-refractivity contribution in [1.82, 2.24) is 15.3 Å². The zero-order chi connectivity index (χ0) is 21.2. The number of aliphatic hydroxyl groups is 1. The third-order valence-corrected chi connectivity index (χ3v) is 9.82. The Bertz CT molecular complexity index is 854. The zero-order valence-corrected chi connectivity index (χ0v) is 18.8. The van der Waals surface area contributed by atoms with Gasteiger partial charge in [-0.05, 0) is 62.7 Å². The second-order valence-electron chi connectivity index (χ2n) is 10.6. The van der Waals surface area contributed by atoms with Gasteiger partial charge in [-0.3, -0.25) is 4.79 Å². The number of carbonyl (C=O) groups excluding carboxylic acids is 1. The minimum absolute atomic E-state index is 0.0438. The van der Waals surface area contributed by atoms with Gasteiger partial charge in [0.15, 0.2) is 0 Å².